The maximum absolute atomic E-state index is 11.8. The molecule has 0 saturated carbocycles. The predicted octanol–water partition coefficient (Wildman–Crippen LogP) is 1.48. The molecule has 0 heterocycles. The predicted molar refractivity (Wildman–Crippen MR) is 130 cm³/mol. The Morgan fingerprint density at radius 3 is 1.70 bits per heavy atom. The summed E-state index contributed by atoms with van der Waals surface area (Å²) < 4.78 is 41.3. The van der Waals surface area contributed by atoms with E-state index in [1.54, 1.807) is 0 Å². The summed E-state index contributed by atoms with van der Waals surface area (Å²) in [5.41, 5.74) is 0. The summed E-state index contributed by atoms with van der Waals surface area (Å²) in [6, 6.07) is 0. The molecule has 12 heteroatoms. The van der Waals surface area contributed by atoms with Crippen LogP contribution in [0.25, 0.3) is 0 Å². The molecule has 0 aliphatic carbocycles. The molecule has 0 aromatic carbocycles. The maximum atomic E-state index is 11.8. The molecular formula is C21H42Na2O9S. The summed E-state index contributed by atoms with van der Waals surface area (Å²) in [5.74, 6) is -2.33. The Morgan fingerprint density at radius 2 is 1.27 bits per heavy atom. The monoisotopic (exact) mass is 516 g/mol. The molecule has 0 spiro atoms. The van der Waals surface area contributed by atoms with Gasteiger partial charge in [-0.3, -0.25) is 14.1 Å². The van der Waals surface area contributed by atoms with E-state index in [0.29, 0.717) is 6.42 Å². The van der Waals surface area contributed by atoms with Crippen LogP contribution in [0.2, 0.25) is 0 Å². The van der Waals surface area contributed by atoms with Crippen molar-refractivity contribution in [3.05, 3.63) is 0 Å². The standard InChI is InChI=1S/C21H40O9S.2Na.2H/c1-2-3-4-5-6-7-8-9-10-11-12-13-14-29-20(24)15-19(31(26,27)28)21(25)30-17-18(23)16-22;;;;/h18-19,22-23H,2-17H2,1H3,(H,26,27,28);;;;. The number of carbonyl (C=O) groups is 2. The Labute approximate surface area is 243 Å². The third-order valence-corrected chi connectivity index (χ3v) is 5.94. The molecular weight excluding hydrogens is 474 g/mol. The topological polar surface area (TPSA) is 147 Å². The number of ether oxygens (including phenoxy) is 2. The zero-order chi connectivity index (χ0) is 23.5. The summed E-state index contributed by atoms with van der Waals surface area (Å²) in [4.78, 5) is 23.6. The van der Waals surface area contributed by atoms with E-state index in [9.17, 15) is 18.0 Å². The first-order valence-electron chi connectivity index (χ1n) is 11.3. The molecule has 9 nitrogen and oxygen atoms in total. The van der Waals surface area contributed by atoms with Crippen LogP contribution in [-0.2, 0) is 29.2 Å². The van der Waals surface area contributed by atoms with Crippen LogP contribution in [0.4, 0.5) is 0 Å². The van der Waals surface area contributed by atoms with Crippen molar-refractivity contribution in [3.63, 3.8) is 0 Å². The van der Waals surface area contributed by atoms with Crippen molar-refractivity contribution in [2.75, 3.05) is 19.8 Å². The van der Waals surface area contributed by atoms with Crippen molar-refractivity contribution in [2.24, 2.45) is 0 Å². The van der Waals surface area contributed by atoms with Gasteiger partial charge in [-0.25, -0.2) is 0 Å². The molecule has 2 atom stereocenters. The van der Waals surface area contributed by atoms with Gasteiger partial charge < -0.3 is 19.7 Å². The fourth-order valence-corrected chi connectivity index (χ4v) is 3.63. The fraction of sp³-hybridized carbons (Fsp3) is 0.905. The molecule has 0 amide bonds. The summed E-state index contributed by atoms with van der Waals surface area (Å²) in [7, 11) is -4.89. The third kappa shape index (κ3) is 22.9. The molecule has 0 radical (unpaired) electrons. The zero-order valence-electron chi connectivity index (χ0n) is 18.7. The van der Waals surface area contributed by atoms with Gasteiger partial charge >= 0.3 is 71.1 Å². The van der Waals surface area contributed by atoms with Gasteiger partial charge in [0.1, 0.15) is 12.7 Å². The number of hydrogen-bond acceptors (Lipinski definition) is 8. The Hall–Kier alpha value is 0.770. The molecule has 0 aromatic rings. The molecule has 0 rings (SSSR count). The summed E-state index contributed by atoms with van der Waals surface area (Å²) in [6.07, 6.45) is 11.6. The second-order valence-corrected chi connectivity index (χ2v) is 9.38. The second kappa shape index (κ2) is 24.5. The molecule has 33 heavy (non-hydrogen) atoms. The SMILES string of the molecule is CCCCCCCCCCCCCCOC(=O)CC(C(=O)OCC(O)CO)S(=O)(=O)O.[NaH].[NaH]. The van der Waals surface area contributed by atoms with Crippen molar-refractivity contribution >= 4 is 81.2 Å². The minimum atomic E-state index is -4.89. The number of esters is 2. The van der Waals surface area contributed by atoms with Gasteiger partial charge in [0.25, 0.3) is 10.1 Å². The van der Waals surface area contributed by atoms with Gasteiger partial charge in [-0.2, -0.15) is 8.42 Å². The first-order chi connectivity index (χ1) is 14.7. The number of unbranched alkanes of at least 4 members (excludes halogenated alkanes) is 11. The zero-order valence-corrected chi connectivity index (χ0v) is 19.5. The average molecular weight is 517 g/mol. The van der Waals surface area contributed by atoms with E-state index >= 15 is 0 Å². The molecule has 188 valence electrons. The Bertz CT molecular complexity index is 588. The molecule has 0 bridgehead atoms. The minimum absolute atomic E-state index is 0. The van der Waals surface area contributed by atoms with Crippen LogP contribution in [0.5, 0.6) is 0 Å². The number of hydrogen-bond donors (Lipinski definition) is 3. The van der Waals surface area contributed by atoms with Crippen LogP contribution in [0, 0.1) is 0 Å². The van der Waals surface area contributed by atoms with E-state index in [0.717, 1.165) is 19.3 Å². The van der Waals surface area contributed by atoms with E-state index in [2.05, 4.69) is 11.7 Å². The Balaban J connectivity index is -0.00000450. The second-order valence-electron chi connectivity index (χ2n) is 7.78. The van der Waals surface area contributed by atoms with E-state index in [1.807, 2.05) is 0 Å². The molecule has 2 unspecified atom stereocenters. The van der Waals surface area contributed by atoms with Crippen molar-refractivity contribution < 1.29 is 42.2 Å². The molecule has 0 aliphatic heterocycles. The van der Waals surface area contributed by atoms with E-state index in [1.165, 1.54) is 51.4 Å². The van der Waals surface area contributed by atoms with Gasteiger partial charge in [-0.05, 0) is 6.42 Å². The fourth-order valence-electron chi connectivity index (χ4n) is 2.97. The van der Waals surface area contributed by atoms with Crippen molar-refractivity contribution in [1.29, 1.82) is 0 Å². The first kappa shape index (κ1) is 38.3. The van der Waals surface area contributed by atoms with E-state index in [4.69, 9.17) is 19.5 Å². The number of aliphatic hydroxyl groups is 2. The molecule has 0 aliphatic rings. The van der Waals surface area contributed by atoms with Crippen LogP contribution >= 0.6 is 0 Å². The van der Waals surface area contributed by atoms with Crippen LogP contribution in [-0.4, -0.2) is 125 Å². The number of aliphatic hydroxyl groups excluding tert-OH is 2. The molecule has 3 N–H and O–H groups in total. The summed E-state index contributed by atoms with van der Waals surface area (Å²) in [5, 5.41) is 15.7. The van der Waals surface area contributed by atoms with E-state index < -0.39 is 53.0 Å². The molecule has 0 saturated heterocycles. The van der Waals surface area contributed by atoms with Crippen molar-refractivity contribution in [2.45, 2.75) is 102 Å². The quantitative estimate of drug-likeness (QED) is 0.0947. The van der Waals surface area contributed by atoms with Crippen molar-refractivity contribution in [3.8, 4) is 0 Å². The van der Waals surface area contributed by atoms with Crippen LogP contribution in [0.15, 0.2) is 0 Å². The average Bonchev–Trinajstić information content (AvgIpc) is 2.72. The Kier molecular flexibility index (Phi) is 28.4. The Morgan fingerprint density at radius 1 is 0.818 bits per heavy atom. The first-order valence-corrected chi connectivity index (χ1v) is 12.8. The third-order valence-electron chi connectivity index (χ3n) is 4.86. The van der Waals surface area contributed by atoms with Gasteiger partial charge in [-0.15, -0.1) is 0 Å². The van der Waals surface area contributed by atoms with Crippen LogP contribution in [0.3, 0.4) is 0 Å². The van der Waals surface area contributed by atoms with Gasteiger partial charge in [0.2, 0.25) is 0 Å². The van der Waals surface area contributed by atoms with E-state index in [-0.39, 0.29) is 65.7 Å². The van der Waals surface area contributed by atoms with Crippen LogP contribution < -0.4 is 0 Å². The summed E-state index contributed by atoms with van der Waals surface area (Å²) >= 11 is 0. The van der Waals surface area contributed by atoms with Gasteiger partial charge in [0.05, 0.1) is 19.6 Å². The number of rotatable bonds is 20. The van der Waals surface area contributed by atoms with Gasteiger partial charge in [0.15, 0.2) is 5.25 Å². The van der Waals surface area contributed by atoms with Gasteiger partial charge in [-0.1, -0.05) is 77.6 Å². The normalized spacial score (nSPS) is 12.7. The van der Waals surface area contributed by atoms with Gasteiger partial charge in [0, 0.05) is 0 Å². The molecule has 0 fully saturated rings. The molecule has 0 aromatic heterocycles. The summed E-state index contributed by atoms with van der Waals surface area (Å²) in [6.45, 7) is 0.968. The van der Waals surface area contributed by atoms with Crippen molar-refractivity contribution in [1.82, 2.24) is 0 Å². The number of carbonyl (C=O) groups excluding carboxylic acids is 2. The van der Waals surface area contributed by atoms with Crippen LogP contribution in [0.1, 0.15) is 90.4 Å².